The van der Waals surface area contributed by atoms with Crippen LogP contribution in [0.4, 0.5) is 8.78 Å². The smallest absolute Gasteiger partial charge is 0.273 e. The van der Waals surface area contributed by atoms with Crippen molar-refractivity contribution >= 4 is 17.7 Å². The highest BCUT2D eigenvalue weighted by molar-refractivity contribution is 5.93. The van der Waals surface area contributed by atoms with Crippen LogP contribution in [0.3, 0.4) is 0 Å². The number of amides is 3. The van der Waals surface area contributed by atoms with E-state index in [-0.39, 0.29) is 29.3 Å². The average molecular weight is 560 g/mol. The Kier molecular flexibility index (Phi) is 8.47. The first-order valence-electron chi connectivity index (χ1n) is 14.9. The minimum absolute atomic E-state index is 0.0331. The third-order valence-electron chi connectivity index (χ3n) is 9.85. The molecule has 2 saturated heterocycles. The first-order valence-corrected chi connectivity index (χ1v) is 14.9. The van der Waals surface area contributed by atoms with E-state index >= 15 is 8.78 Å². The van der Waals surface area contributed by atoms with Crippen LogP contribution in [0, 0.1) is 11.8 Å². The molecule has 1 saturated carbocycles. The molecule has 4 N–H and O–H groups in total. The second-order valence-corrected chi connectivity index (χ2v) is 12.3. The van der Waals surface area contributed by atoms with Crippen LogP contribution in [0.15, 0.2) is 24.3 Å². The van der Waals surface area contributed by atoms with Gasteiger partial charge < -0.3 is 21.3 Å². The molecular weight excluding hydrogens is 516 g/mol. The Morgan fingerprint density at radius 2 is 1.80 bits per heavy atom. The summed E-state index contributed by atoms with van der Waals surface area (Å²) in [6, 6.07) is 3.65. The standard InChI is InChI=1S/C30H43F2N5O3/c1-18(34-2)28(39)35-24(19-9-4-3-5-10-19)29(40)37-17-22-12-8-14-36(22)25(26(37)27(33)38)21-15-20-11-6-7-13-23(20)30(31,32)16-21/h6-7,11,13,18-19,21-22,24-26,34H,3-5,8-10,12,14-17H2,1-2H3,(H2,33,38)(H,35,39). The van der Waals surface area contributed by atoms with Crippen LogP contribution < -0.4 is 16.4 Å². The minimum atomic E-state index is -3.04. The molecule has 3 amide bonds. The molecular formula is C30H43F2N5O3. The van der Waals surface area contributed by atoms with Crippen molar-refractivity contribution in [1.82, 2.24) is 20.4 Å². The molecule has 4 aliphatic rings. The summed E-state index contributed by atoms with van der Waals surface area (Å²) in [6.07, 6.45) is 6.35. The van der Waals surface area contributed by atoms with Gasteiger partial charge in [-0.05, 0) is 70.0 Å². The Balaban J connectivity index is 1.50. The van der Waals surface area contributed by atoms with E-state index in [1.807, 2.05) is 0 Å². The molecule has 2 aliphatic carbocycles. The monoisotopic (exact) mass is 559 g/mol. The van der Waals surface area contributed by atoms with Crippen molar-refractivity contribution in [2.24, 2.45) is 17.6 Å². The average Bonchev–Trinajstić information content (AvgIpc) is 3.42. The topological polar surface area (TPSA) is 108 Å². The quantitative estimate of drug-likeness (QED) is 0.476. The number of carbonyl (C=O) groups excluding carboxylic acids is 3. The number of benzene rings is 1. The zero-order valence-electron chi connectivity index (χ0n) is 23.6. The molecule has 1 aromatic rings. The molecule has 40 heavy (non-hydrogen) atoms. The molecule has 0 spiro atoms. The Labute approximate surface area is 235 Å². The first-order chi connectivity index (χ1) is 19.1. The molecule has 2 aliphatic heterocycles. The van der Waals surface area contributed by atoms with Gasteiger partial charge in [0, 0.05) is 30.6 Å². The molecule has 3 fully saturated rings. The maximum atomic E-state index is 15.5. The summed E-state index contributed by atoms with van der Waals surface area (Å²) in [5, 5.41) is 5.92. The van der Waals surface area contributed by atoms with Crippen LogP contribution in [0.5, 0.6) is 0 Å². The molecule has 5 rings (SSSR count). The molecule has 10 heteroatoms. The number of primary amides is 1. The lowest BCUT2D eigenvalue weighted by molar-refractivity contribution is -0.155. The Hall–Kier alpha value is -2.59. The lowest BCUT2D eigenvalue weighted by Crippen LogP contribution is -2.71. The van der Waals surface area contributed by atoms with Crippen LogP contribution in [0.2, 0.25) is 0 Å². The summed E-state index contributed by atoms with van der Waals surface area (Å²) < 4.78 is 31.0. The molecule has 220 valence electrons. The van der Waals surface area contributed by atoms with E-state index in [2.05, 4.69) is 15.5 Å². The van der Waals surface area contributed by atoms with Gasteiger partial charge in [-0.15, -0.1) is 0 Å². The Morgan fingerprint density at radius 3 is 2.50 bits per heavy atom. The second kappa shape index (κ2) is 11.7. The number of nitrogens with zero attached hydrogens (tertiary/aromatic N) is 2. The number of halogens is 2. The van der Waals surface area contributed by atoms with Crippen molar-refractivity contribution in [1.29, 1.82) is 0 Å². The zero-order chi connectivity index (χ0) is 28.6. The van der Waals surface area contributed by atoms with Crippen LogP contribution >= 0.6 is 0 Å². The van der Waals surface area contributed by atoms with E-state index in [0.717, 1.165) is 44.9 Å². The van der Waals surface area contributed by atoms with Gasteiger partial charge in [0.25, 0.3) is 5.92 Å². The van der Waals surface area contributed by atoms with Gasteiger partial charge in [0.05, 0.1) is 6.04 Å². The van der Waals surface area contributed by atoms with Crippen molar-refractivity contribution < 1.29 is 23.2 Å². The van der Waals surface area contributed by atoms with Crippen molar-refractivity contribution in [2.45, 2.75) is 101 Å². The third kappa shape index (κ3) is 5.49. The molecule has 8 nitrogen and oxygen atoms in total. The Morgan fingerprint density at radius 1 is 1.07 bits per heavy atom. The van der Waals surface area contributed by atoms with E-state index in [1.165, 1.54) is 6.07 Å². The predicted molar refractivity (Wildman–Crippen MR) is 147 cm³/mol. The van der Waals surface area contributed by atoms with E-state index in [9.17, 15) is 14.4 Å². The van der Waals surface area contributed by atoms with Crippen LogP contribution in [0.1, 0.15) is 69.4 Å². The van der Waals surface area contributed by atoms with Crippen molar-refractivity contribution in [3.8, 4) is 0 Å². The highest BCUT2D eigenvalue weighted by Gasteiger charge is 2.55. The van der Waals surface area contributed by atoms with E-state index < -0.39 is 48.3 Å². The lowest BCUT2D eigenvalue weighted by atomic mass is 9.73. The number of fused-ring (bicyclic) bond motifs is 2. The Bertz CT molecular complexity index is 1110. The summed E-state index contributed by atoms with van der Waals surface area (Å²) in [6.45, 7) is 2.73. The number of piperazine rings is 1. The van der Waals surface area contributed by atoms with Gasteiger partial charge in [-0.1, -0.05) is 43.5 Å². The fourth-order valence-corrected chi connectivity index (χ4v) is 7.76. The van der Waals surface area contributed by atoms with E-state index in [1.54, 1.807) is 37.1 Å². The zero-order valence-corrected chi connectivity index (χ0v) is 23.6. The largest absolute Gasteiger partial charge is 0.368 e. The molecule has 0 aromatic heterocycles. The normalized spacial score (nSPS) is 30.1. The van der Waals surface area contributed by atoms with Crippen LogP contribution in [0.25, 0.3) is 0 Å². The van der Waals surface area contributed by atoms with Crippen molar-refractivity contribution in [3.05, 3.63) is 35.4 Å². The fraction of sp³-hybridized carbons (Fsp3) is 0.700. The maximum absolute atomic E-state index is 15.5. The number of nitrogens with two attached hydrogens (primary N) is 1. The number of hydrogen-bond donors (Lipinski definition) is 3. The SMILES string of the molecule is CNC(C)C(=O)NC(C(=O)N1CC2CCCN2C(C2Cc3ccccc3C(F)(F)C2)C1C(N)=O)C1CCCCC1. The van der Waals surface area contributed by atoms with Gasteiger partial charge >= 0.3 is 0 Å². The van der Waals surface area contributed by atoms with Crippen LogP contribution in [-0.2, 0) is 26.7 Å². The number of likely N-dealkylation sites (N-methyl/N-ethyl adjacent to an activating group) is 1. The predicted octanol–water partition coefficient (Wildman–Crippen LogP) is 2.54. The van der Waals surface area contributed by atoms with Crippen LogP contribution in [-0.4, -0.2) is 77.9 Å². The van der Waals surface area contributed by atoms with Gasteiger partial charge in [0.1, 0.15) is 12.1 Å². The second-order valence-electron chi connectivity index (χ2n) is 12.3. The van der Waals surface area contributed by atoms with Gasteiger partial charge in [-0.3, -0.25) is 19.3 Å². The molecule has 2 heterocycles. The molecule has 6 unspecified atom stereocenters. The molecule has 0 bridgehead atoms. The minimum Gasteiger partial charge on any atom is -0.368 e. The molecule has 1 aromatic carbocycles. The summed E-state index contributed by atoms with van der Waals surface area (Å²) >= 11 is 0. The van der Waals surface area contributed by atoms with Gasteiger partial charge in [0.2, 0.25) is 17.7 Å². The van der Waals surface area contributed by atoms with Crippen molar-refractivity contribution in [3.63, 3.8) is 0 Å². The summed E-state index contributed by atoms with van der Waals surface area (Å²) in [4.78, 5) is 44.3. The molecule has 0 radical (unpaired) electrons. The van der Waals surface area contributed by atoms with E-state index in [0.29, 0.717) is 25.1 Å². The maximum Gasteiger partial charge on any atom is 0.273 e. The number of rotatable bonds is 7. The fourth-order valence-electron chi connectivity index (χ4n) is 7.76. The molecule has 6 atom stereocenters. The number of carbonyl (C=O) groups is 3. The van der Waals surface area contributed by atoms with E-state index in [4.69, 9.17) is 5.73 Å². The number of nitrogens with one attached hydrogen (secondary N) is 2. The summed E-state index contributed by atoms with van der Waals surface area (Å²) in [5.41, 5.74) is 6.67. The highest BCUT2D eigenvalue weighted by Crippen LogP contribution is 2.47. The summed E-state index contributed by atoms with van der Waals surface area (Å²) in [5.74, 6) is -4.90. The lowest BCUT2D eigenvalue weighted by Gasteiger charge is -2.53. The third-order valence-corrected chi connectivity index (χ3v) is 9.85. The summed E-state index contributed by atoms with van der Waals surface area (Å²) in [7, 11) is 1.69. The van der Waals surface area contributed by atoms with Crippen molar-refractivity contribution in [2.75, 3.05) is 20.1 Å². The number of alkyl halides is 2. The van der Waals surface area contributed by atoms with Gasteiger partial charge in [-0.2, -0.15) is 0 Å². The first kappa shape index (κ1) is 28.9. The number of hydrogen-bond acceptors (Lipinski definition) is 5. The van der Waals surface area contributed by atoms with Gasteiger partial charge in [-0.25, -0.2) is 8.78 Å². The van der Waals surface area contributed by atoms with Gasteiger partial charge in [0.15, 0.2) is 0 Å². The highest BCUT2D eigenvalue weighted by atomic mass is 19.3.